The molecule has 0 bridgehead atoms. The zero-order valence-electron chi connectivity index (χ0n) is 10.3. The van der Waals surface area contributed by atoms with Crippen molar-refractivity contribution in [3.05, 3.63) is 23.8 Å². The van der Waals surface area contributed by atoms with Crippen molar-refractivity contribution in [1.82, 2.24) is 0 Å². The van der Waals surface area contributed by atoms with Gasteiger partial charge in [-0.3, -0.25) is 0 Å². The maximum Gasteiger partial charge on any atom is 0.586 e. The normalized spacial score (nSPS) is 14.2. The molecule has 0 amide bonds. The van der Waals surface area contributed by atoms with Crippen molar-refractivity contribution in [2.24, 2.45) is 0 Å². The van der Waals surface area contributed by atoms with Crippen LogP contribution >= 0.6 is 0 Å². The molecule has 0 radical (unpaired) electrons. The van der Waals surface area contributed by atoms with Gasteiger partial charge in [-0.2, -0.15) is 0 Å². The largest absolute Gasteiger partial charge is 0.586 e. The predicted octanol–water partition coefficient (Wildman–Crippen LogP) is 4.37. The second kappa shape index (κ2) is 6.30. The van der Waals surface area contributed by atoms with Crippen LogP contribution in [0.3, 0.4) is 0 Å². The van der Waals surface area contributed by atoms with Crippen LogP contribution < -0.4 is 9.47 Å². The van der Waals surface area contributed by atoms with E-state index in [2.05, 4.69) is 9.47 Å². The highest BCUT2D eigenvalue weighted by molar-refractivity contribution is 5.47. The highest BCUT2D eigenvalue weighted by atomic mass is 19.3. The summed E-state index contributed by atoms with van der Waals surface area (Å²) in [5, 5.41) is 0. The molecule has 1 aromatic rings. The lowest BCUT2D eigenvalue weighted by atomic mass is 10.2. The van der Waals surface area contributed by atoms with Crippen molar-refractivity contribution >= 4 is 0 Å². The third-order valence-corrected chi connectivity index (χ3v) is 1.63. The van der Waals surface area contributed by atoms with Gasteiger partial charge in [-0.1, -0.05) is 39.8 Å². The SMILES string of the molecule is CC.CC.Cc1cccc2c1OC(F)(F)O2. The van der Waals surface area contributed by atoms with E-state index in [9.17, 15) is 8.78 Å². The molecule has 16 heavy (non-hydrogen) atoms. The average molecular weight is 232 g/mol. The topological polar surface area (TPSA) is 18.5 Å². The summed E-state index contributed by atoms with van der Waals surface area (Å²) in [6.07, 6.45) is -3.51. The summed E-state index contributed by atoms with van der Waals surface area (Å²) in [6, 6.07) is 4.77. The fourth-order valence-electron chi connectivity index (χ4n) is 1.10. The minimum Gasteiger partial charge on any atom is -0.395 e. The molecule has 2 nitrogen and oxygen atoms in total. The van der Waals surface area contributed by atoms with E-state index in [1.807, 2.05) is 27.7 Å². The number of para-hydroxylation sites is 1. The highest BCUT2D eigenvalue weighted by Gasteiger charge is 2.43. The summed E-state index contributed by atoms with van der Waals surface area (Å²) in [5.41, 5.74) is 0.643. The molecule has 0 saturated carbocycles. The number of hydrogen-bond donors (Lipinski definition) is 0. The molecule has 0 unspecified atom stereocenters. The van der Waals surface area contributed by atoms with E-state index in [1.54, 1.807) is 19.1 Å². The van der Waals surface area contributed by atoms with Gasteiger partial charge in [-0.05, 0) is 18.6 Å². The minimum absolute atomic E-state index is 0.0972. The zero-order chi connectivity index (χ0) is 12.8. The number of aryl methyl sites for hydroxylation is 1. The smallest absolute Gasteiger partial charge is 0.395 e. The van der Waals surface area contributed by atoms with Gasteiger partial charge in [0.2, 0.25) is 0 Å². The predicted molar refractivity (Wildman–Crippen MR) is 60.1 cm³/mol. The number of benzene rings is 1. The molecule has 4 heteroatoms. The highest BCUT2D eigenvalue weighted by Crippen LogP contribution is 2.42. The van der Waals surface area contributed by atoms with Crippen molar-refractivity contribution in [2.75, 3.05) is 0 Å². The number of ether oxygens (including phenoxy) is 2. The van der Waals surface area contributed by atoms with Crippen LogP contribution in [0.15, 0.2) is 18.2 Å². The first-order chi connectivity index (χ1) is 7.58. The number of hydrogen-bond acceptors (Lipinski definition) is 2. The van der Waals surface area contributed by atoms with E-state index >= 15 is 0 Å². The first kappa shape index (κ1) is 14.7. The Balaban J connectivity index is 0.000000509. The molecule has 1 aliphatic heterocycles. The quantitative estimate of drug-likeness (QED) is 0.661. The number of fused-ring (bicyclic) bond motifs is 1. The summed E-state index contributed by atoms with van der Waals surface area (Å²) in [5.74, 6) is 0.225. The Morgan fingerprint density at radius 1 is 1.00 bits per heavy atom. The molecule has 1 aliphatic rings. The van der Waals surface area contributed by atoms with Crippen molar-refractivity contribution < 1.29 is 18.3 Å². The van der Waals surface area contributed by atoms with Gasteiger partial charge in [0.1, 0.15) is 0 Å². The van der Waals surface area contributed by atoms with Gasteiger partial charge in [0, 0.05) is 0 Å². The van der Waals surface area contributed by atoms with Crippen molar-refractivity contribution in [3.8, 4) is 11.5 Å². The molecular formula is C12H18F2O2. The van der Waals surface area contributed by atoms with Gasteiger partial charge >= 0.3 is 6.29 Å². The molecule has 0 atom stereocenters. The molecule has 1 aromatic carbocycles. The molecule has 0 N–H and O–H groups in total. The van der Waals surface area contributed by atoms with Crippen LogP contribution in [0.4, 0.5) is 8.78 Å². The minimum atomic E-state index is -3.51. The molecule has 1 heterocycles. The molecule has 0 fully saturated rings. The Morgan fingerprint density at radius 3 is 2.06 bits per heavy atom. The summed E-state index contributed by atoms with van der Waals surface area (Å²) in [4.78, 5) is 0. The molecule has 0 aromatic heterocycles. The van der Waals surface area contributed by atoms with E-state index in [4.69, 9.17) is 0 Å². The second-order valence-corrected chi connectivity index (χ2v) is 2.57. The summed E-state index contributed by atoms with van der Waals surface area (Å²) < 4.78 is 33.4. The molecule has 0 aliphatic carbocycles. The third-order valence-electron chi connectivity index (χ3n) is 1.63. The summed E-state index contributed by atoms with van der Waals surface area (Å²) >= 11 is 0. The zero-order valence-corrected chi connectivity index (χ0v) is 10.3. The van der Waals surface area contributed by atoms with Gasteiger partial charge in [0.25, 0.3) is 0 Å². The van der Waals surface area contributed by atoms with Crippen LogP contribution in [0.2, 0.25) is 0 Å². The van der Waals surface area contributed by atoms with E-state index in [1.165, 1.54) is 6.07 Å². The monoisotopic (exact) mass is 232 g/mol. The standard InChI is InChI=1S/C8H6F2O2.2C2H6/c1-5-3-2-4-6-7(5)12-8(9,10)11-6;2*1-2/h2-4H,1H3;2*1-2H3. The fraction of sp³-hybridized carbons (Fsp3) is 0.500. The lowest BCUT2D eigenvalue weighted by molar-refractivity contribution is -0.286. The number of rotatable bonds is 0. The Morgan fingerprint density at radius 2 is 1.56 bits per heavy atom. The van der Waals surface area contributed by atoms with Gasteiger partial charge in [0.15, 0.2) is 11.5 Å². The van der Waals surface area contributed by atoms with E-state index in [0.29, 0.717) is 5.56 Å². The summed E-state index contributed by atoms with van der Waals surface area (Å²) in [7, 11) is 0. The van der Waals surface area contributed by atoms with Gasteiger partial charge in [-0.25, -0.2) is 0 Å². The Bertz CT molecular complexity index is 325. The van der Waals surface area contributed by atoms with E-state index < -0.39 is 6.29 Å². The first-order valence-corrected chi connectivity index (χ1v) is 5.44. The maximum absolute atomic E-state index is 12.5. The average Bonchev–Trinajstić information content (AvgIpc) is 2.60. The molecule has 2 rings (SSSR count). The third kappa shape index (κ3) is 3.36. The van der Waals surface area contributed by atoms with Crippen LogP contribution in [-0.4, -0.2) is 6.29 Å². The molecule has 0 saturated heterocycles. The number of alkyl halides is 2. The number of halogens is 2. The van der Waals surface area contributed by atoms with Crippen molar-refractivity contribution in [2.45, 2.75) is 40.9 Å². The van der Waals surface area contributed by atoms with E-state index in [-0.39, 0.29) is 11.5 Å². The van der Waals surface area contributed by atoms with Crippen LogP contribution in [0.25, 0.3) is 0 Å². The molecular weight excluding hydrogens is 214 g/mol. The van der Waals surface area contributed by atoms with Crippen LogP contribution in [0.1, 0.15) is 33.3 Å². The van der Waals surface area contributed by atoms with Crippen molar-refractivity contribution in [3.63, 3.8) is 0 Å². The Kier molecular flexibility index (Phi) is 5.78. The van der Waals surface area contributed by atoms with Crippen molar-refractivity contribution in [1.29, 1.82) is 0 Å². The second-order valence-electron chi connectivity index (χ2n) is 2.57. The lowest BCUT2D eigenvalue weighted by Gasteiger charge is -2.04. The first-order valence-electron chi connectivity index (χ1n) is 5.44. The van der Waals surface area contributed by atoms with Gasteiger partial charge in [-0.15, -0.1) is 8.78 Å². The lowest BCUT2D eigenvalue weighted by Crippen LogP contribution is -2.26. The maximum atomic E-state index is 12.5. The molecule has 92 valence electrons. The molecule has 0 spiro atoms. The van der Waals surface area contributed by atoms with E-state index in [0.717, 1.165) is 0 Å². The van der Waals surface area contributed by atoms with Crippen LogP contribution in [0.5, 0.6) is 11.5 Å². The Labute approximate surface area is 95.2 Å². The van der Waals surface area contributed by atoms with Crippen LogP contribution in [-0.2, 0) is 0 Å². The van der Waals surface area contributed by atoms with Crippen LogP contribution in [0, 0.1) is 6.92 Å². The summed E-state index contributed by atoms with van der Waals surface area (Å²) in [6.45, 7) is 9.68. The Hall–Kier alpha value is -1.32. The van der Waals surface area contributed by atoms with Gasteiger partial charge < -0.3 is 9.47 Å². The van der Waals surface area contributed by atoms with Gasteiger partial charge in [0.05, 0.1) is 0 Å². The fourth-order valence-corrected chi connectivity index (χ4v) is 1.10.